The Morgan fingerprint density at radius 3 is 2.45 bits per heavy atom. The summed E-state index contributed by atoms with van der Waals surface area (Å²) in [6.07, 6.45) is 0. The fraction of sp³-hybridized carbons (Fsp3) is 0.385. The van der Waals surface area contributed by atoms with Crippen molar-refractivity contribution in [3.63, 3.8) is 0 Å². The number of carbonyl (C=O) groups excluding carboxylic acids is 2. The standard InChI is InChI=1S/C13H13F2N3O3S/c1-6(2)11(13(20)21-3)22-10-4-7(12(19)17-18-16)8(14)5-9(10)15/h4-6,11H,1-3H3. The molecule has 0 bridgehead atoms. The van der Waals surface area contributed by atoms with Crippen molar-refractivity contribution in [3.05, 3.63) is 39.8 Å². The van der Waals surface area contributed by atoms with Crippen LogP contribution in [0, 0.1) is 17.6 Å². The minimum absolute atomic E-state index is 0.109. The number of ether oxygens (including phenoxy) is 1. The molecule has 1 unspecified atom stereocenters. The minimum atomic E-state index is -1.17. The van der Waals surface area contributed by atoms with Crippen LogP contribution in [0.4, 0.5) is 8.78 Å². The summed E-state index contributed by atoms with van der Waals surface area (Å²) in [7, 11) is 1.20. The van der Waals surface area contributed by atoms with Crippen molar-refractivity contribution in [3.8, 4) is 0 Å². The second-order valence-corrected chi connectivity index (χ2v) is 5.75. The lowest BCUT2D eigenvalue weighted by Crippen LogP contribution is -2.24. The molecule has 1 rings (SSSR count). The summed E-state index contributed by atoms with van der Waals surface area (Å²) in [5.41, 5.74) is 7.65. The number of carbonyl (C=O) groups is 2. The molecule has 0 N–H and O–H groups in total. The molecule has 1 aromatic carbocycles. The lowest BCUT2D eigenvalue weighted by atomic mass is 10.1. The largest absolute Gasteiger partial charge is 0.468 e. The zero-order valence-corrected chi connectivity index (χ0v) is 12.9. The fourth-order valence-corrected chi connectivity index (χ4v) is 2.68. The van der Waals surface area contributed by atoms with Gasteiger partial charge in [-0.2, -0.15) is 0 Å². The molecule has 9 heteroatoms. The Bertz CT molecular complexity index is 646. The van der Waals surface area contributed by atoms with Crippen LogP contribution in [0.3, 0.4) is 0 Å². The summed E-state index contributed by atoms with van der Waals surface area (Å²) in [5, 5.41) is 2.04. The number of hydrogen-bond donors (Lipinski definition) is 0. The number of hydrogen-bond acceptors (Lipinski definition) is 4. The highest BCUT2D eigenvalue weighted by atomic mass is 32.2. The molecule has 0 saturated heterocycles. The highest BCUT2D eigenvalue weighted by Gasteiger charge is 2.26. The normalized spacial score (nSPS) is 11.7. The summed E-state index contributed by atoms with van der Waals surface area (Å²) < 4.78 is 32.1. The van der Waals surface area contributed by atoms with Crippen molar-refractivity contribution in [2.45, 2.75) is 24.0 Å². The Morgan fingerprint density at radius 2 is 1.95 bits per heavy atom. The Morgan fingerprint density at radius 1 is 1.32 bits per heavy atom. The smallest absolute Gasteiger partial charge is 0.319 e. The molecule has 0 aliphatic rings. The number of nitrogens with zero attached hydrogens (tertiary/aromatic N) is 3. The fourth-order valence-electron chi connectivity index (χ4n) is 1.59. The van der Waals surface area contributed by atoms with Gasteiger partial charge in [-0.05, 0) is 22.6 Å². The van der Waals surface area contributed by atoms with Crippen molar-refractivity contribution in [1.29, 1.82) is 0 Å². The van der Waals surface area contributed by atoms with Crippen LogP contribution in [0.25, 0.3) is 10.4 Å². The average Bonchev–Trinajstić information content (AvgIpc) is 2.45. The van der Waals surface area contributed by atoms with E-state index in [1.54, 1.807) is 13.8 Å². The predicted molar refractivity (Wildman–Crippen MR) is 76.3 cm³/mol. The van der Waals surface area contributed by atoms with Crippen molar-refractivity contribution < 1.29 is 23.1 Å². The van der Waals surface area contributed by atoms with Gasteiger partial charge in [0.15, 0.2) is 0 Å². The molecule has 0 radical (unpaired) electrons. The van der Waals surface area contributed by atoms with Gasteiger partial charge in [0.2, 0.25) is 0 Å². The second kappa shape index (κ2) is 7.77. The van der Waals surface area contributed by atoms with Gasteiger partial charge < -0.3 is 4.74 Å². The van der Waals surface area contributed by atoms with E-state index in [1.807, 2.05) is 0 Å². The Labute approximate surface area is 129 Å². The third-order valence-corrected chi connectivity index (χ3v) is 4.24. The third kappa shape index (κ3) is 4.19. The first-order chi connectivity index (χ1) is 10.3. The molecule has 1 amide bonds. The number of benzene rings is 1. The van der Waals surface area contributed by atoms with E-state index >= 15 is 0 Å². The molecule has 1 aromatic rings. The predicted octanol–water partition coefficient (Wildman–Crippen LogP) is 3.71. The Balaban J connectivity index is 3.24. The van der Waals surface area contributed by atoms with E-state index in [0.29, 0.717) is 6.07 Å². The van der Waals surface area contributed by atoms with Crippen LogP contribution in [0.1, 0.15) is 24.2 Å². The summed E-state index contributed by atoms with van der Waals surface area (Å²) >= 11 is 0.811. The van der Waals surface area contributed by atoms with E-state index in [1.165, 1.54) is 7.11 Å². The zero-order chi connectivity index (χ0) is 16.9. The number of thioether (sulfide) groups is 1. The maximum atomic E-state index is 13.8. The summed E-state index contributed by atoms with van der Waals surface area (Å²) in [4.78, 5) is 25.3. The van der Waals surface area contributed by atoms with Gasteiger partial charge in [-0.25, -0.2) is 8.78 Å². The Hall–Kier alpha value is -2.12. The first-order valence-corrected chi connectivity index (χ1v) is 7.02. The molecule has 0 saturated carbocycles. The van der Waals surface area contributed by atoms with E-state index < -0.39 is 34.3 Å². The van der Waals surface area contributed by atoms with Crippen LogP contribution in [0.15, 0.2) is 22.1 Å². The first-order valence-electron chi connectivity index (χ1n) is 6.14. The molecule has 0 aliphatic carbocycles. The van der Waals surface area contributed by atoms with Crippen LogP contribution in [0.5, 0.6) is 0 Å². The van der Waals surface area contributed by atoms with Gasteiger partial charge in [0.1, 0.15) is 16.9 Å². The molecule has 0 fully saturated rings. The van der Waals surface area contributed by atoms with E-state index in [9.17, 15) is 18.4 Å². The topological polar surface area (TPSA) is 92.1 Å². The van der Waals surface area contributed by atoms with Crippen LogP contribution in [0.2, 0.25) is 0 Å². The number of halogens is 2. The summed E-state index contributed by atoms with van der Waals surface area (Å²) in [5.74, 6) is -3.97. The van der Waals surface area contributed by atoms with Gasteiger partial charge in [-0.3, -0.25) is 9.59 Å². The van der Waals surface area contributed by atoms with Crippen LogP contribution < -0.4 is 0 Å². The van der Waals surface area contributed by atoms with Gasteiger partial charge in [0.25, 0.3) is 5.91 Å². The number of amides is 1. The van der Waals surface area contributed by atoms with Gasteiger partial charge >= 0.3 is 5.97 Å². The lowest BCUT2D eigenvalue weighted by Gasteiger charge is -2.18. The van der Waals surface area contributed by atoms with Gasteiger partial charge in [0.05, 0.1) is 12.7 Å². The Kier molecular flexibility index (Phi) is 6.33. The van der Waals surface area contributed by atoms with E-state index in [0.717, 1.165) is 17.8 Å². The lowest BCUT2D eigenvalue weighted by molar-refractivity contribution is -0.140. The number of rotatable bonds is 5. The zero-order valence-electron chi connectivity index (χ0n) is 12.0. The first kappa shape index (κ1) is 17.9. The number of azide groups is 1. The molecule has 0 aromatic heterocycles. The molecule has 0 aliphatic heterocycles. The molecule has 118 valence electrons. The maximum absolute atomic E-state index is 13.8. The summed E-state index contributed by atoms with van der Waals surface area (Å²) in [6.45, 7) is 3.48. The quantitative estimate of drug-likeness (QED) is 0.271. The van der Waals surface area contributed by atoms with Gasteiger partial charge in [-0.1, -0.05) is 13.8 Å². The van der Waals surface area contributed by atoms with E-state index in [4.69, 9.17) is 5.53 Å². The van der Waals surface area contributed by atoms with Crippen molar-refractivity contribution >= 4 is 23.6 Å². The van der Waals surface area contributed by atoms with E-state index in [-0.39, 0.29) is 10.8 Å². The molecule has 0 spiro atoms. The maximum Gasteiger partial charge on any atom is 0.319 e. The highest BCUT2D eigenvalue weighted by Crippen LogP contribution is 2.32. The third-order valence-electron chi connectivity index (χ3n) is 2.68. The highest BCUT2D eigenvalue weighted by molar-refractivity contribution is 8.00. The molecule has 22 heavy (non-hydrogen) atoms. The molecular formula is C13H13F2N3O3S. The average molecular weight is 329 g/mol. The second-order valence-electron chi connectivity index (χ2n) is 4.56. The molecule has 0 heterocycles. The van der Waals surface area contributed by atoms with Crippen LogP contribution in [-0.4, -0.2) is 24.2 Å². The molecule has 6 nitrogen and oxygen atoms in total. The van der Waals surface area contributed by atoms with E-state index in [2.05, 4.69) is 14.8 Å². The molecule has 1 atom stereocenters. The number of methoxy groups -OCH3 is 1. The minimum Gasteiger partial charge on any atom is -0.468 e. The van der Waals surface area contributed by atoms with Crippen molar-refractivity contribution in [2.24, 2.45) is 11.0 Å². The van der Waals surface area contributed by atoms with Crippen LogP contribution in [-0.2, 0) is 9.53 Å². The molecular weight excluding hydrogens is 316 g/mol. The summed E-state index contributed by atoms with van der Waals surface area (Å²) in [6, 6.07) is 1.43. The number of esters is 1. The van der Waals surface area contributed by atoms with Gasteiger partial charge in [-0.15, -0.1) is 11.8 Å². The SMILES string of the molecule is COC(=O)C(Sc1cc(C(=O)N=[N+]=[N-])c(F)cc1F)C(C)C. The van der Waals surface area contributed by atoms with Crippen molar-refractivity contribution in [2.75, 3.05) is 7.11 Å². The van der Waals surface area contributed by atoms with Crippen LogP contribution >= 0.6 is 11.8 Å². The monoisotopic (exact) mass is 329 g/mol. The van der Waals surface area contributed by atoms with Crippen molar-refractivity contribution in [1.82, 2.24) is 0 Å². The van der Waals surface area contributed by atoms with Gasteiger partial charge in [0, 0.05) is 15.9 Å².